The minimum Gasteiger partial charge on any atom is -0.300 e. The van der Waals surface area contributed by atoms with Gasteiger partial charge in [-0.15, -0.1) is 0 Å². The highest BCUT2D eigenvalue weighted by Gasteiger charge is 2.71. The van der Waals surface area contributed by atoms with Gasteiger partial charge in [0.15, 0.2) is 0 Å². The van der Waals surface area contributed by atoms with Crippen LogP contribution in [0, 0.1) is 51.2 Å². The van der Waals surface area contributed by atoms with Gasteiger partial charge >= 0.3 is 0 Å². The van der Waals surface area contributed by atoms with Gasteiger partial charge < -0.3 is 0 Å². The van der Waals surface area contributed by atoms with E-state index in [1.54, 1.807) is 0 Å². The van der Waals surface area contributed by atoms with E-state index in [1.807, 2.05) is 0 Å². The lowest BCUT2D eigenvalue weighted by atomic mass is 9.33. The molecule has 0 bridgehead atoms. The van der Waals surface area contributed by atoms with E-state index < -0.39 is 0 Å². The van der Waals surface area contributed by atoms with Crippen LogP contribution in [0.1, 0.15) is 119 Å². The van der Waals surface area contributed by atoms with E-state index in [4.69, 9.17) is 12.6 Å². The van der Waals surface area contributed by atoms with Crippen molar-refractivity contribution in [2.24, 2.45) is 51.2 Å². The van der Waals surface area contributed by atoms with Crippen molar-refractivity contribution in [1.29, 1.82) is 0 Å². The third-order valence-corrected chi connectivity index (χ3v) is 12.8. The van der Waals surface area contributed by atoms with E-state index in [0.717, 1.165) is 42.9 Å². The average Bonchev–Trinajstić information content (AvgIpc) is 3.04. The normalized spacial score (nSPS) is 50.7. The summed E-state index contributed by atoms with van der Waals surface area (Å²) in [5.41, 5.74) is 1.45. The van der Waals surface area contributed by atoms with Crippen LogP contribution in [0.25, 0.3) is 0 Å². The lowest BCUT2D eigenvalue weighted by molar-refractivity contribution is -0.223. The number of rotatable bonds is 5. The summed E-state index contributed by atoms with van der Waals surface area (Å²) in [5.74, 6) is 4.37. The summed E-state index contributed by atoms with van der Waals surface area (Å²) in [7, 11) is 0. The van der Waals surface area contributed by atoms with Crippen molar-refractivity contribution in [2.75, 3.05) is 0 Å². The first-order chi connectivity index (χ1) is 14.4. The molecule has 0 saturated heterocycles. The van der Waals surface area contributed by atoms with Crippen molar-refractivity contribution >= 4 is 18.4 Å². The summed E-state index contributed by atoms with van der Waals surface area (Å²) >= 11 is 5.22. The van der Waals surface area contributed by atoms with E-state index in [-0.39, 0.29) is 5.41 Å². The molecule has 31 heavy (non-hydrogen) atoms. The molecule has 4 fully saturated rings. The first kappa shape index (κ1) is 24.2. The van der Waals surface area contributed by atoms with Crippen LogP contribution in [0.2, 0.25) is 0 Å². The molecule has 9 atom stereocenters. The van der Waals surface area contributed by atoms with Gasteiger partial charge in [-0.3, -0.25) is 4.79 Å². The first-order valence-electron chi connectivity index (χ1n) is 13.6. The smallest absolute Gasteiger partial charge is 0.133 e. The molecule has 0 N–H and O–H groups in total. The molecule has 7 unspecified atom stereocenters. The molecule has 0 aromatic heterocycles. The van der Waals surface area contributed by atoms with Gasteiger partial charge in [-0.05, 0) is 89.8 Å². The first-order valence-corrected chi connectivity index (χ1v) is 14.1. The second-order valence-electron chi connectivity index (χ2n) is 13.8. The number of Topliss-reactive ketones (excluding diaryl/α,β-unsaturated/α-hetero) is 1. The predicted molar refractivity (Wildman–Crippen MR) is 135 cm³/mol. The Balaban J connectivity index is 1.62. The molecule has 0 aliphatic heterocycles. The molecule has 4 rings (SSSR count). The summed E-state index contributed by atoms with van der Waals surface area (Å²) in [4.78, 5) is 12.4. The van der Waals surface area contributed by atoms with E-state index in [1.165, 1.54) is 51.4 Å². The van der Waals surface area contributed by atoms with Crippen LogP contribution >= 0.6 is 12.6 Å². The molecule has 1 nitrogen and oxygen atoms in total. The van der Waals surface area contributed by atoms with Gasteiger partial charge in [0, 0.05) is 18.1 Å². The molecular formula is C29H50OS. The van der Waals surface area contributed by atoms with Crippen LogP contribution < -0.4 is 0 Å². The van der Waals surface area contributed by atoms with Gasteiger partial charge in [-0.2, -0.15) is 12.6 Å². The van der Waals surface area contributed by atoms with Crippen molar-refractivity contribution in [1.82, 2.24) is 0 Å². The summed E-state index contributed by atoms with van der Waals surface area (Å²) in [5, 5.41) is 0.386. The third kappa shape index (κ3) is 3.42. The second-order valence-corrected chi connectivity index (χ2v) is 14.5. The Morgan fingerprint density at radius 3 is 2.35 bits per heavy atom. The summed E-state index contributed by atoms with van der Waals surface area (Å²) in [6.45, 7) is 17.9. The quantitative estimate of drug-likeness (QED) is 0.420. The lowest BCUT2D eigenvalue weighted by Crippen LogP contribution is -2.67. The number of hydrogen-bond acceptors (Lipinski definition) is 2. The van der Waals surface area contributed by atoms with E-state index >= 15 is 0 Å². The largest absolute Gasteiger partial charge is 0.300 e. The standard InChI is InChI=1S/C29H50OS/c1-19(2)9-8-10-20(3)22-11-12-25-26(22,4)15-16-29(7)27(5)14-13-21(30)17-23(27)24(31)18-28(25,29)6/h19-20,22-25,31H,8-18H2,1-7H3/t20-,22?,23?,24?,25?,26?,27?,28?,29-/m1/s1. The van der Waals surface area contributed by atoms with Gasteiger partial charge in [0.1, 0.15) is 5.78 Å². The maximum atomic E-state index is 12.4. The van der Waals surface area contributed by atoms with Crippen LogP contribution in [0.5, 0.6) is 0 Å². The Morgan fingerprint density at radius 2 is 1.68 bits per heavy atom. The molecule has 0 amide bonds. The van der Waals surface area contributed by atoms with Crippen LogP contribution in [-0.4, -0.2) is 11.0 Å². The summed E-state index contributed by atoms with van der Waals surface area (Å²) in [6, 6.07) is 0. The molecule has 178 valence electrons. The Morgan fingerprint density at radius 1 is 0.968 bits per heavy atom. The summed E-state index contributed by atoms with van der Waals surface area (Å²) < 4.78 is 0. The number of hydrogen-bond donors (Lipinski definition) is 1. The fraction of sp³-hybridized carbons (Fsp3) is 0.966. The molecule has 4 aliphatic carbocycles. The fourth-order valence-electron chi connectivity index (χ4n) is 10.1. The summed E-state index contributed by atoms with van der Waals surface area (Å²) in [6.07, 6.45) is 13.7. The Labute approximate surface area is 198 Å². The van der Waals surface area contributed by atoms with E-state index in [9.17, 15) is 4.79 Å². The molecule has 0 aromatic rings. The third-order valence-electron chi connectivity index (χ3n) is 12.3. The van der Waals surface area contributed by atoms with Gasteiger partial charge in [0.05, 0.1) is 0 Å². The van der Waals surface area contributed by atoms with Crippen molar-refractivity contribution in [3.8, 4) is 0 Å². The SMILES string of the molecule is CC(C)CCC[C@@H](C)C1CCC2C1(C)CC[C@]1(C)C3(C)CCC(=O)CC3C(S)CC21C. The van der Waals surface area contributed by atoms with Crippen molar-refractivity contribution in [3.05, 3.63) is 0 Å². The maximum absolute atomic E-state index is 12.4. The highest BCUT2D eigenvalue weighted by atomic mass is 32.1. The zero-order chi connectivity index (χ0) is 22.8. The monoisotopic (exact) mass is 446 g/mol. The predicted octanol–water partition coefficient (Wildman–Crippen LogP) is 8.37. The van der Waals surface area contributed by atoms with E-state index in [0.29, 0.717) is 33.2 Å². The molecular weight excluding hydrogens is 396 g/mol. The van der Waals surface area contributed by atoms with Crippen LogP contribution in [0.3, 0.4) is 0 Å². The number of carbonyl (C=O) groups excluding carboxylic acids is 1. The van der Waals surface area contributed by atoms with Crippen LogP contribution in [-0.2, 0) is 4.79 Å². The van der Waals surface area contributed by atoms with Crippen LogP contribution in [0.4, 0.5) is 0 Å². The van der Waals surface area contributed by atoms with E-state index in [2.05, 4.69) is 48.5 Å². The minimum absolute atomic E-state index is 0.266. The molecule has 0 radical (unpaired) electrons. The molecule has 0 aromatic carbocycles. The van der Waals surface area contributed by atoms with Crippen molar-refractivity contribution in [2.45, 2.75) is 124 Å². The number of ketones is 1. The molecule has 2 heteroatoms. The molecule has 0 heterocycles. The molecule has 4 aliphatic rings. The maximum Gasteiger partial charge on any atom is 0.133 e. The molecule has 4 saturated carbocycles. The van der Waals surface area contributed by atoms with Gasteiger partial charge in [0.2, 0.25) is 0 Å². The average molecular weight is 447 g/mol. The number of carbonyl (C=O) groups is 1. The van der Waals surface area contributed by atoms with Crippen molar-refractivity contribution in [3.63, 3.8) is 0 Å². The van der Waals surface area contributed by atoms with Crippen LogP contribution in [0.15, 0.2) is 0 Å². The fourth-order valence-corrected chi connectivity index (χ4v) is 10.9. The topological polar surface area (TPSA) is 17.1 Å². The van der Waals surface area contributed by atoms with Gasteiger partial charge in [0.25, 0.3) is 0 Å². The Hall–Kier alpha value is 0.0200. The molecule has 0 spiro atoms. The minimum atomic E-state index is 0.266. The zero-order valence-corrected chi connectivity index (χ0v) is 22.5. The Kier molecular flexibility index (Phi) is 6.28. The van der Waals surface area contributed by atoms with Gasteiger partial charge in [-0.1, -0.05) is 67.7 Å². The Bertz CT molecular complexity index is 701. The second kappa shape index (κ2) is 8.06. The lowest BCUT2D eigenvalue weighted by Gasteiger charge is -2.72. The van der Waals surface area contributed by atoms with Crippen molar-refractivity contribution < 1.29 is 4.79 Å². The highest BCUT2D eigenvalue weighted by molar-refractivity contribution is 7.81. The van der Waals surface area contributed by atoms with Gasteiger partial charge in [-0.25, -0.2) is 0 Å². The highest BCUT2D eigenvalue weighted by Crippen LogP contribution is 2.78. The number of thiol groups is 1. The number of fused-ring (bicyclic) bond motifs is 5. The zero-order valence-electron chi connectivity index (χ0n) is 21.6.